The number of nitrogens with zero attached hydrogens (tertiary/aromatic N) is 2. The number of likely N-dealkylation sites (tertiary alicyclic amines) is 1. The number of nitrogens with one attached hydrogen (secondary N) is 1. The lowest BCUT2D eigenvalue weighted by Gasteiger charge is -2.26. The number of ether oxygens (including phenoxy) is 1. The second-order valence-corrected chi connectivity index (χ2v) is 10.0. The minimum absolute atomic E-state index is 0.0360. The zero-order valence-electron chi connectivity index (χ0n) is 20.9. The molecule has 5 rings (SSSR count). The lowest BCUT2D eigenvalue weighted by molar-refractivity contribution is -0.149. The van der Waals surface area contributed by atoms with Crippen molar-refractivity contribution in [1.82, 2.24) is 15.2 Å². The van der Waals surface area contributed by atoms with Crippen LogP contribution in [0.15, 0.2) is 54.7 Å². The molecule has 9 heteroatoms. The number of halogens is 2. The lowest BCUT2D eigenvalue weighted by Crippen LogP contribution is -2.44. The van der Waals surface area contributed by atoms with E-state index < -0.39 is 29.7 Å². The number of carbonyl (C=O) groups excluding carboxylic acids is 3. The highest BCUT2D eigenvalue weighted by atomic mass is 19.2. The molecule has 0 spiro atoms. The van der Waals surface area contributed by atoms with Gasteiger partial charge in [-0.1, -0.05) is 49.2 Å². The second kappa shape index (κ2) is 11.2. The Morgan fingerprint density at radius 1 is 1.05 bits per heavy atom. The standard InChI is InChI=1S/C29H29F2N3O4/c30-23-8-2-5-20(27(23)31)16-34-22(11-12-26(34)36)15-25(35)33-24(14-18-9-10-18)29(37)38-17-21-6-1-4-19-7-3-13-32-28(19)21/h1-8,13,18,22,24H,9-12,14-17H2,(H,33,35)/t22-,24-/m0/s1. The monoisotopic (exact) mass is 521 g/mol. The summed E-state index contributed by atoms with van der Waals surface area (Å²) in [4.78, 5) is 44.3. The van der Waals surface area contributed by atoms with Gasteiger partial charge in [0.05, 0.1) is 5.52 Å². The highest BCUT2D eigenvalue weighted by Gasteiger charge is 2.35. The summed E-state index contributed by atoms with van der Waals surface area (Å²) in [7, 11) is 0. The number of esters is 1. The van der Waals surface area contributed by atoms with Crippen LogP contribution < -0.4 is 5.32 Å². The van der Waals surface area contributed by atoms with Gasteiger partial charge < -0.3 is 15.0 Å². The van der Waals surface area contributed by atoms with Gasteiger partial charge in [0.2, 0.25) is 11.8 Å². The molecule has 1 saturated carbocycles. The number of benzene rings is 2. The first-order chi connectivity index (χ1) is 18.4. The van der Waals surface area contributed by atoms with Gasteiger partial charge >= 0.3 is 5.97 Å². The first-order valence-electron chi connectivity index (χ1n) is 12.9. The molecule has 2 aromatic carbocycles. The number of aromatic nitrogens is 1. The molecule has 2 heterocycles. The van der Waals surface area contributed by atoms with Crippen LogP contribution in [0.3, 0.4) is 0 Å². The highest BCUT2D eigenvalue weighted by molar-refractivity contribution is 5.86. The first-order valence-corrected chi connectivity index (χ1v) is 12.9. The fraction of sp³-hybridized carbons (Fsp3) is 0.379. The van der Waals surface area contributed by atoms with Crippen LogP contribution in [0, 0.1) is 17.6 Å². The summed E-state index contributed by atoms with van der Waals surface area (Å²) in [5, 5.41) is 3.75. The van der Waals surface area contributed by atoms with Crippen molar-refractivity contribution in [2.75, 3.05) is 0 Å². The Kier molecular flexibility index (Phi) is 7.62. The van der Waals surface area contributed by atoms with Crippen LogP contribution in [0.25, 0.3) is 10.9 Å². The van der Waals surface area contributed by atoms with Crippen LogP contribution in [-0.2, 0) is 32.3 Å². The fourth-order valence-corrected chi connectivity index (χ4v) is 4.98. The minimum Gasteiger partial charge on any atom is -0.459 e. The van der Waals surface area contributed by atoms with Gasteiger partial charge in [0.1, 0.15) is 12.6 Å². The summed E-state index contributed by atoms with van der Waals surface area (Å²) in [5.74, 6) is -2.74. The smallest absolute Gasteiger partial charge is 0.328 e. The largest absolute Gasteiger partial charge is 0.459 e. The van der Waals surface area contributed by atoms with Gasteiger partial charge in [-0.05, 0) is 30.9 Å². The van der Waals surface area contributed by atoms with Crippen molar-refractivity contribution >= 4 is 28.7 Å². The molecule has 0 unspecified atom stereocenters. The first kappa shape index (κ1) is 25.8. The lowest BCUT2D eigenvalue weighted by atomic mass is 10.1. The van der Waals surface area contributed by atoms with E-state index in [1.807, 2.05) is 30.3 Å². The molecule has 1 saturated heterocycles. The molecule has 2 atom stereocenters. The van der Waals surface area contributed by atoms with Crippen LogP contribution >= 0.6 is 0 Å². The number of fused-ring (bicyclic) bond motifs is 1. The Labute approximate surface area is 219 Å². The Balaban J connectivity index is 1.21. The predicted octanol–water partition coefficient (Wildman–Crippen LogP) is 4.42. The number of amides is 2. The van der Waals surface area contributed by atoms with Crippen LogP contribution in [0.1, 0.15) is 49.7 Å². The molecule has 38 heavy (non-hydrogen) atoms. The van der Waals surface area contributed by atoms with Crippen LogP contribution in [0.5, 0.6) is 0 Å². The maximum absolute atomic E-state index is 14.2. The molecule has 2 aliphatic rings. The average Bonchev–Trinajstić information content (AvgIpc) is 3.68. The molecule has 3 aromatic rings. The summed E-state index contributed by atoms with van der Waals surface area (Å²) < 4.78 is 33.4. The maximum Gasteiger partial charge on any atom is 0.328 e. The van der Waals surface area contributed by atoms with Gasteiger partial charge in [0.25, 0.3) is 0 Å². The number of para-hydroxylation sites is 1. The molecule has 1 N–H and O–H groups in total. The van der Waals surface area contributed by atoms with E-state index in [1.165, 1.54) is 17.0 Å². The quantitative estimate of drug-likeness (QED) is 0.399. The van der Waals surface area contributed by atoms with E-state index in [-0.39, 0.29) is 43.4 Å². The Hall–Kier alpha value is -3.88. The Morgan fingerprint density at radius 2 is 1.82 bits per heavy atom. The number of hydrogen-bond acceptors (Lipinski definition) is 5. The van der Waals surface area contributed by atoms with E-state index in [4.69, 9.17) is 4.74 Å². The minimum atomic E-state index is -0.996. The number of rotatable bonds is 10. The maximum atomic E-state index is 14.2. The third-order valence-electron chi connectivity index (χ3n) is 7.22. The molecule has 2 fully saturated rings. The molecule has 0 radical (unpaired) electrons. The van der Waals surface area contributed by atoms with E-state index in [0.29, 0.717) is 18.8 Å². The molecule has 1 aromatic heterocycles. The normalized spacial score (nSPS) is 18.0. The zero-order chi connectivity index (χ0) is 26.6. The van der Waals surface area contributed by atoms with Crippen LogP contribution in [-0.4, -0.2) is 39.8 Å². The van der Waals surface area contributed by atoms with Crippen molar-refractivity contribution in [2.45, 2.75) is 63.8 Å². The van der Waals surface area contributed by atoms with Crippen molar-refractivity contribution in [3.05, 3.63) is 77.5 Å². The van der Waals surface area contributed by atoms with Gasteiger partial charge in [0.15, 0.2) is 11.6 Å². The molecule has 2 amide bonds. The van der Waals surface area contributed by atoms with Crippen LogP contribution in [0.2, 0.25) is 0 Å². The number of hydrogen-bond donors (Lipinski definition) is 1. The number of pyridine rings is 1. The summed E-state index contributed by atoms with van der Waals surface area (Å²) in [6.07, 6.45) is 4.78. The average molecular weight is 522 g/mol. The van der Waals surface area contributed by atoms with Gasteiger partial charge in [-0.15, -0.1) is 0 Å². The molecule has 0 bridgehead atoms. The molecule has 1 aliphatic carbocycles. The third-order valence-corrected chi connectivity index (χ3v) is 7.22. The summed E-state index contributed by atoms with van der Waals surface area (Å²) in [6.45, 7) is -0.0820. The van der Waals surface area contributed by atoms with E-state index in [2.05, 4.69) is 10.3 Å². The number of carbonyl (C=O) groups is 3. The topological polar surface area (TPSA) is 88.6 Å². The second-order valence-electron chi connectivity index (χ2n) is 10.0. The highest BCUT2D eigenvalue weighted by Crippen LogP contribution is 2.34. The summed E-state index contributed by atoms with van der Waals surface area (Å²) in [6, 6.07) is 12.0. The van der Waals surface area contributed by atoms with Gasteiger partial charge in [-0.2, -0.15) is 0 Å². The van der Waals surface area contributed by atoms with Crippen molar-refractivity contribution in [3.63, 3.8) is 0 Å². The van der Waals surface area contributed by atoms with Crippen molar-refractivity contribution in [3.8, 4) is 0 Å². The summed E-state index contributed by atoms with van der Waals surface area (Å²) >= 11 is 0. The molecule has 1 aliphatic heterocycles. The van der Waals surface area contributed by atoms with E-state index in [0.717, 1.165) is 35.4 Å². The van der Waals surface area contributed by atoms with Gasteiger partial charge in [-0.25, -0.2) is 13.6 Å². The van der Waals surface area contributed by atoms with E-state index in [9.17, 15) is 23.2 Å². The summed E-state index contributed by atoms with van der Waals surface area (Å²) in [5.41, 5.74) is 1.59. The fourth-order valence-electron chi connectivity index (χ4n) is 4.98. The zero-order valence-corrected chi connectivity index (χ0v) is 20.9. The third kappa shape index (κ3) is 5.98. The molecule has 198 valence electrons. The predicted molar refractivity (Wildman–Crippen MR) is 135 cm³/mol. The van der Waals surface area contributed by atoms with Crippen molar-refractivity contribution in [2.24, 2.45) is 5.92 Å². The van der Waals surface area contributed by atoms with Crippen molar-refractivity contribution < 1.29 is 27.9 Å². The van der Waals surface area contributed by atoms with E-state index in [1.54, 1.807) is 6.20 Å². The van der Waals surface area contributed by atoms with Crippen LogP contribution in [0.4, 0.5) is 8.78 Å². The molecular weight excluding hydrogens is 492 g/mol. The molecule has 7 nitrogen and oxygen atoms in total. The van der Waals surface area contributed by atoms with Gasteiger partial charge in [0, 0.05) is 48.1 Å². The molecular formula is C29H29F2N3O4. The Morgan fingerprint density at radius 3 is 2.63 bits per heavy atom. The Bertz CT molecular complexity index is 1360. The SMILES string of the molecule is O=C(C[C@@H]1CCC(=O)N1Cc1cccc(F)c1F)N[C@@H](CC1CC1)C(=O)OCc1cccc2cccnc12. The van der Waals surface area contributed by atoms with Crippen molar-refractivity contribution in [1.29, 1.82) is 0 Å². The van der Waals surface area contributed by atoms with E-state index >= 15 is 0 Å². The van der Waals surface area contributed by atoms with Gasteiger partial charge in [-0.3, -0.25) is 14.6 Å².